The zero-order valence-corrected chi connectivity index (χ0v) is 19.9. The summed E-state index contributed by atoms with van der Waals surface area (Å²) in [4.78, 5) is 20.4. The van der Waals surface area contributed by atoms with Crippen LogP contribution >= 0.6 is 11.8 Å². The van der Waals surface area contributed by atoms with Gasteiger partial charge in [0.25, 0.3) is 5.91 Å². The van der Waals surface area contributed by atoms with Crippen LogP contribution in [0.2, 0.25) is 0 Å². The van der Waals surface area contributed by atoms with E-state index >= 15 is 0 Å². The molecule has 2 aromatic rings. The van der Waals surface area contributed by atoms with Crippen LogP contribution in [0.1, 0.15) is 56.8 Å². The molecule has 2 aliphatic rings. The Hall–Kier alpha value is -1.98. The van der Waals surface area contributed by atoms with Crippen LogP contribution in [0.4, 0.5) is 11.4 Å². The van der Waals surface area contributed by atoms with Gasteiger partial charge in [-0.3, -0.25) is 4.79 Å². The third kappa shape index (κ3) is 5.09. The Morgan fingerprint density at radius 1 is 1.06 bits per heavy atom. The van der Waals surface area contributed by atoms with E-state index in [0.29, 0.717) is 12.0 Å². The van der Waals surface area contributed by atoms with Crippen molar-refractivity contribution in [3.05, 3.63) is 48.0 Å². The van der Waals surface area contributed by atoms with Gasteiger partial charge < -0.3 is 15.1 Å². The van der Waals surface area contributed by atoms with Gasteiger partial charge >= 0.3 is 0 Å². The van der Waals surface area contributed by atoms with Gasteiger partial charge in [0.05, 0.1) is 11.4 Å². The fourth-order valence-electron chi connectivity index (χ4n) is 4.56. The van der Waals surface area contributed by atoms with Crippen LogP contribution in [0.5, 0.6) is 0 Å². The largest absolute Gasteiger partial charge is 0.352 e. The zero-order valence-electron chi connectivity index (χ0n) is 19.1. The summed E-state index contributed by atoms with van der Waals surface area (Å²) >= 11 is 1.80. The molecule has 2 aromatic carbocycles. The number of likely N-dealkylation sites (tertiary alicyclic amines) is 1. The van der Waals surface area contributed by atoms with Crippen molar-refractivity contribution in [1.82, 2.24) is 10.2 Å². The number of carbonyl (C=O) groups is 1. The fourth-order valence-corrected chi connectivity index (χ4v) is 5.61. The summed E-state index contributed by atoms with van der Waals surface area (Å²) in [5, 5.41) is 3.12. The second kappa shape index (κ2) is 10.1. The molecule has 0 aromatic heterocycles. The van der Waals surface area contributed by atoms with Gasteiger partial charge in [-0.25, -0.2) is 0 Å². The SMILES string of the molecule is CC[C@@H](C)CCNC(=O)c1ccc2c(c1)N([C@H](C)CN1CCCC1)c1ccccc1S2. The summed E-state index contributed by atoms with van der Waals surface area (Å²) in [6.45, 7) is 10.9. The number of hydrogen-bond donors (Lipinski definition) is 1. The molecule has 0 bridgehead atoms. The normalized spacial score (nSPS) is 17.7. The number of amides is 1. The minimum Gasteiger partial charge on any atom is -0.352 e. The third-order valence-electron chi connectivity index (χ3n) is 6.61. The lowest BCUT2D eigenvalue weighted by atomic mass is 10.1. The Bertz CT molecular complexity index is 909. The second-order valence-electron chi connectivity index (χ2n) is 9.04. The van der Waals surface area contributed by atoms with E-state index in [0.717, 1.165) is 37.2 Å². The smallest absolute Gasteiger partial charge is 0.251 e. The minimum atomic E-state index is 0.0297. The summed E-state index contributed by atoms with van der Waals surface area (Å²) in [5.74, 6) is 0.667. The van der Waals surface area contributed by atoms with Gasteiger partial charge in [-0.05, 0) is 75.5 Å². The molecule has 1 fully saturated rings. The number of fused-ring (bicyclic) bond motifs is 2. The van der Waals surface area contributed by atoms with E-state index in [1.54, 1.807) is 11.8 Å². The topological polar surface area (TPSA) is 35.6 Å². The van der Waals surface area contributed by atoms with E-state index in [4.69, 9.17) is 0 Å². The maximum absolute atomic E-state index is 12.9. The molecule has 0 spiro atoms. The maximum Gasteiger partial charge on any atom is 0.251 e. The van der Waals surface area contributed by atoms with Gasteiger partial charge in [0.2, 0.25) is 0 Å². The molecular weight excluding hydrogens is 402 g/mol. The molecule has 2 heterocycles. The first-order valence-electron chi connectivity index (χ1n) is 11.8. The number of para-hydroxylation sites is 1. The van der Waals surface area contributed by atoms with Gasteiger partial charge in [0.1, 0.15) is 0 Å². The molecule has 4 nitrogen and oxygen atoms in total. The molecule has 1 saturated heterocycles. The van der Waals surface area contributed by atoms with Crippen LogP contribution in [0, 0.1) is 5.92 Å². The predicted octanol–water partition coefficient (Wildman–Crippen LogP) is 5.94. The highest BCUT2D eigenvalue weighted by molar-refractivity contribution is 7.99. The molecule has 1 N–H and O–H groups in total. The molecule has 4 rings (SSSR count). The summed E-state index contributed by atoms with van der Waals surface area (Å²) in [5.41, 5.74) is 3.16. The van der Waals surface area contributed by atoms with Crippen molar-refractivity contribution in [2.75, 3.05) is 31.1 Å². The van der Waals surface area contributed by atoms with E-state index in [-0.39, 0.29) is 5.91 Å². The maximum atomic E-state index is 12.9. The molecule has 166 valence electrons. The number of hydrogen-bond acceptors (Lipinski definition) is 4. The lowest BCUT2D eigenvalue weighted by molar-refractivity contribution is 0.0951. The molecule has 0 saturated carbocycles. The Morgan fingerprint density at radius 2 is 1.81 bits per heavy atom. The van der Waals surface area contributed by atoms with Gasteiger partial charge in [0, 0.05) is 34.5 Å². The first-order chi connectivity index (χ1) is 15.1. The molecule has 0 radical (unpaired) electrons. The summed E-state index contributed by atoms with van der Waals surface area (Å²) < 4.78 is 0. The highest BCUT2D eigenvalue weighted by atomic mass is 32.2. The van der Waals surface area contributed by atoms with Gasteiger partial charge in [-0.15, -0.1) is 0 Å². The zero-order chi connectivity index (χ0) is 21.8. The van der Waals surface area contributed by atoms with Crippen LogP contribution < -0.4 is 10.2 Å². The summed E-state index contributed by atoms with van der Waals surface area (Å²) in [7, 11) is 0. The molecule has 31 heavy (non-hydrogen) atoms. The van der Waals surface area contributed by atoms with Gasteiger partial charge in [-0.1, -0.05) is 44.2 Å². The quantitative estimate of drug-likeness (QED) is 0.554. The lowest BCUT2D eigenvalue weighted by Crippen LogP contribution is -2.40. The monoisotopic (exact) mass is 437 g/mol. The molecule has 5 heteroatoms. The minimum absolute atomic E-state index is 0.0297. The number of nitrogens with one attached hydrogen (secondary N) is 1. The standard InChI is InChI=1S/C26H35N3OS/c1-4-19(2)13-14-27-26(30)21-11-12-25-23(17-21)29(20(3)18-28-15-7-8-16-28)22-9-5-6-10-24(22)31-25/h5-6,9-12,17,19-20H,4,7-8,13-16,18H2,1-3H3,(H,27,30)/t19-,20-/m1/s1. The Balaban J connectivity index is 1.58. The molecule has 0 unspecified atom stereocenters. The number of anilines is 2. The molecule has 2 atom stereocenters. The number of carbonyl (C=O) groups excluding carboxylic acids is 1. The highest BCUT2D eigenvalue weighted by Crippen LogP contribution is 2.49. The van der Waals surface area contributed by atoms with E-state index in [1.165, 1.54) is 41.4 Å². The third-order valence-corrected chi connectivity index (χ3v) is 7.74. The van der Waals surface area contributed by atoms with E-state index in [9.17, 15) is 4.79 Å². The van der Waals surface area contributed by atoms with Crippen LogP contribution in [0.25, 0.3) is 0 Å². The Labute approximate surface area is 191 Å². The van der Waals surface area contributed by atoms with Gasteiger partial charge in [0.15, 0.2) is 0 Å². The summed E-state index contributed by atoms with van der Waals surface area (Å²) in [6, 6.07) is 15.2. The fraction of sp³-hybridized carbons (Fsp3) is 0.500. The molecule has 0 aliphatic carbocycles. The van der Waals surface area contributed by atoms with Crippen LogP contribution in [-0.2, 0) is 0 Å². The van der Waals surface area contributed by atoms with Crippen molar-refractivity contribution in [3.8, 4) is 0 Å². The first kappa shape index (κ1) is 22.2. The van der Waals surface area contributed by atoms with E-state index in [2.05, 4.69) is 72.3 Å². The number of nitrogens with zero attached hydrogens (tertiary/aromatic N) is 2. The lowest BCUT2D eigenvalue weighted by Gasteiger charge is -2.39. The predicted molar refractivity (Wildman–Crippen MR) is 131 cm³/mol. The Morgan fingerprint density at radius 3 is 2.58 bits per heavy atom. The Kier molecular flexibility index (Phi) is 7.24. The number of benzene rings is 2. The van der Waals surface area contributed by atoms with Crippen LogP contribution in [0.15, 0.2) is 52.3 Å². The average Bonchev–Trinajstić information content (AvgIpc) is 3.29. The summed E-state index contributed by atoms with van der Waals surface area (Å²) in [6.07, 6.45) is 4.78. The van der Waals surface area contributed by atoms with Crippen molar-refractivity contribution in [2.24, 2.45) is 5.92 Å². The average molecular weight is 438 g/mol. The van der Waals surface area contributed by atoms with Gasteiger partial charge in [-0.2, -0.15) is 0 Å². The molecule has 1 amide bonds. The first-order valence-corrected chi connectivity index (χ1v) is 12.6. The van der Waals surface area contributed by atoms with Crippen LogP contribution in [0.3, 0.4) is 0 Å². The highest BCUT2D eigenvalue weighted by Gasteiger charge is 2.29. The van der Waals surface area contributed by atoms with E-state index in [1.807, 2.05) is 6.07 Å². The second-order valence-corrected chi connectivity index (χ2v) is 10.1. The van der Waals surface area contributed by atoms with Crippen molar-refractivity contribution in [1.29, 1.82) is 0 Å². The van der Waals surface area contributed by atoms with Crippen molar-refractivity contribution < 1.29 is 4.79 Å². The molecular formula is C26H35N3OS. The molecule has 2 aliphatic heterocycles. The van der Waals surface area contributed by atoms with Crippen molar-refractivity contribution >= 4 is 29.0 Å². The van der Waals surface area contributed by atoms with Crippen molar-refractivity contribution in [3.63, 3.8) is 0 Å². The number of rotatable bonds is 8. The van der Waals surface area contributed by atoms with Crippen LogP contribution in [-0.4, -0.2) is 43.0 Å². The van der Waals surface area contributed by atoms with E-state index < -0.39 is 0 Å². The van der Waals surface area contributed by atoms with Crippen molar-refractivity contribution in [2.45, 2.75) is 62.3 Å².